The van der Waals surface area contributed by atoms with Crippen LogP contribution in [0.25, 0.3) is 10.9 Å². The first-order valence-electron chi connectivity index (χ1n) is 8.48. The molecular weight excluding hydrogens is 322 g/mol. The second kappa shape index (κ2) is 8.44. The number of sulfonamides is 1. The molecule has 2 aromatic rings. The van der Waals surface area contributed by atoms with E-state index in [0.717, 1.165) is 48.1 Å². The smallest absolute Gasteiger partial charge is 0.213 e. The maximum absolute atomic E-state index is 11.6. The molecule has 2 rings (SSSR count). The fraction of sp³-hybridized carbons (Fsp3) is 0.500. The van der Waals surface area contributed by atoms with E-state index in [4.69, 9.17) is 0 Å². The summed E-state index contributed by atoms with van der Waals surface area (Å²) in [4.78, 5) is 4.50. The fourth-order valence-electron chi connectivity index (χ4n) is 2.38. The lowest BCUT2D eigenvalue weighted by molar-refractivity contribution is 0.566. The van der Waals surface area contributed by atoms with E-state index in [1.807, 2.05) is 25.1 Å². The van der Waals surface area contributed by atoms with E-state index in [-0.39, 0.29) is 5.25 Å². The summed E-state index contributed by atoms with van der Waals surface area (Å²) in [6.07, 6.45) is 2.85. The summed E-state index contributed by atoms with van der Waals surface area (Å²) in [6, 6.07) is 10.3. The predicted molar refractivity (Wildman–Crippen MR) is 101 cm³/mol. The summed E-state index contributed by atoms with van der Waals surface area (Å²) >= 11 is 0. The first kappa shape index (κ1) is 18.7. The van der Waals surface area contributed by atoms with Crippen molar-refractivity contribution in [2.75, 3.05) is 18.4 Å². The van der Waals surface area contributed by atoms with Gasteiger partial charge in [0.1, 0.15) is 0 Å². The number of nitrogens with zero attached hydrogens (tertiary/aromatic N) is 1. The van der Waals surface area contributed by atoms with Crippen LogP contribution in [0, 0.1) is 6.92 Å². The van der Waals surface area contributed by atoms with Crippen LogP contribution in [0.1, 0.15) is 38.8 Å². The molecule has 0 saturated carbocycles. The van der Waals surface area contributed by atoms with E-state index in [1.165, 1.54) is 0 Å². The quantitative estimate of drug-likeness (QED) is 0.680. The van der Waals surface area contributed by atoms with E-state index in [2.05, 4.69) is 27.2 Å². The molecule has 24 heavy (non-hydrogen) atoms. The SMILES string of the molecule is Cc1ccc2cc(NCCCCCNS(=O)(=O)C(C)C)ccc2n1. The van der Waals surface area contributed by atoms with Crippen LogP contribution in [-0.2, 0) is 10.0 Å². The van der Waals surface area contributed by atoms with Crippen molar-refractivity contribution >= 4 is 26.6 Å². The number of rotatable bonds is 9. The Morgan fingerprint density at radius 2 is 1.79 bits per heavy atom. The summed E-state index contributed by atoms with van der Waals surface area (Å²) in [7, 11) is -3.13. The maximum Gasteiger partial charge on any atom is 0.213 e. The van der Waals surface area contributed by atoms with Gasteiger partial charge in [-0.25, -0.2) is 13.1 Å². The number of benzene rings is 1. The Morgan fingerprint density at radius 1 is 1.04 bits per heavy atom. The standard InChI is InChI=1S/C18H27N3O2S/c1-14(2)24(22,23)20-12-6-4-5-11-19-17-9-10-18-16(13-17)8-7-15(3)21-18/h7-10,13-14,19-20H,4-6,11-12H2,1-3H3. The second-order valence-electron chi connectivity index (χ2n) is 6.34. The van der Waals surface area contributed by atoms with Crippen molar-refractivity contribution in [2.45, 2.75) is 45.3 Å². The lowest BCUT2D eigenvalue weighted by atomic mass is 10.2. The Balaban J connectivity index is 1.68. The highest BCUT2D eigenvalue weighted by molar-refractivity contribution is 7.90. The summed E-state index contributed by atoms with van der Waals surface area (Å²) in [5, 5.41) is 4.17. The number of nitrogens with one attached hydrogen (secondary N) is 2. The first-order chi connectivity index (χ1) is 11.4. The molecule has 0 saturated heterocycles. The molecular formula is C18H27N3O2S. The summed E-state index contributed by atoms with van der Waals surface area (Å²) in [6.45, 7) is 6.76. The minimum Gasteiger partial charge on any atom is -0.385 e. The second-order valence-corrected chi connectivity index (χ2v) is 8.66. The molecule has 2 N–H and O–H groups in total. The number of pyridine rings is 1. The average Bonchev–Trinajstić information content (AvgIpc) is 2.53. The van der Waals surface area contributed by atoms with Gasteiger partial charge in [0.25, 0.3) is 0 Å². The Labute approximate surface area is 144 Å². The zero-order chi connectivity index (χ0) is 17.6. The van der Waals surface area contributed by atoms with Gasteiger partial charge in [0.05, 0.1) is 10.8 Å². The van der Waals surface area contributed by atoms with E-state index in [1.54, 1.807) is 13.8 Å². The Hall–Kier alpha value is -1.66. The minimum atomic E-state index is -3.13. The van der Waals surface area contributed by atoms with E-state index < -0.39 is 10.0 Å². The van der Waals surface area contributed by atoms with Gasteiger partial charge in [-0.15, -0.1) is 0 Å². The van der Waals surface area contributed by atoms with Crippen LogP contribution in [0.2, 0.25) is 0 Å². The van der Waals surface area contributed by atoms with Crippen molar-refractivity contribution in [2.24, 2.45) is 0 Å². The Morgan fingerprint density at radius 3 is 2.54 bits per heavy atom. The molecule has 1 aromatic heterocycles. The molecule has 6 heteroatoms. The minimum absolute atomic E-state index is 0.370. The maximum atomic E-state index is 11.6. The van der Waals surface area contributed by atoms with Crippen molar-refractivity contribution in [3.63, 3.8) is 0 Å². The molecule has 5 nitrogen and oxygen atoms in total. The number of aryl methyl sites for hydroxylation is 1. The molecule has 0 bridgehead atoms. The van der Waals surface area contributed by atoms with Crippen LogP contribution in [0.3, 0.4) is 0 Å². The molecule has 0 aliphatic rings. The predicted octanol–water partition coefficient (Wildman–Crippen LogP) is 3.45. The topological polar surface area (TPSA) is 71.1 Å². The zero-order valence-corrected chi connectivity index (χ0v) is 15.5. The molecule has 0 aliphatic carbocycles. The van der Waals surface area contributed by atoms with Gasteiger partial charge in [-0.3, -0.25) is 4.98 Å². The Bertz CT molecular complexity index is 773. The molecule has 0 fully saturated rings. The van der Waals surface area contributed by atoms with Gasteiger partial charge in [-0.2, -0.15) is 0 Å². The van der Waals surface area contributed by atoms with E-state index in [9.17, 15) is 8.42 Å². The highest BCUT2D eigenvalue weighted by Gasteiger charge is 2.13. The Kier molecular flexibility index (Phi) is 6.57. The molecule has 0 atom stereocenters. The summed E-state index contributed by atoms with van der Waals surface area (Å²) < 4.78 is 25.8. The first-order valence-corrected chi connectivity index (χ1v) is 10.0. The number of hydrogen-bond donors (Lipinski definition) is 2. The van der Waals surface area contributed by atoms with Crippen LogP contribution in [0.15, 0.2) is 30.3 Å². The van der Waals surface area contributed by atoms with Crippen LogP contribution in [0.5, 0.6) is 0 Å². The highest BCUT2D eigenvalue weighted by atomic mass is 32.2. The van der Waals surface area contributed by atoms with Gasteiger partial charge >= 0.3 is 0 Å². The van der Waals surface area contributed by atoms with E-state index in [0.29, 0.717) is 6.54 Å². The van der Waals surface area contributed by atoms with Gasteiger partial charge in [0, 0.05) is 29.9 Å². The van der Waals surface area contributed by atoms with Crippen LogP contribution in [-0.4, -0.2) is 31.7 Å². The van der Waals surface area contributed by atoms with Gasteiger partial charge < -0.3 is 5.32 Å². The van der Waals surface area contributed by atoms with E-state index >= 15 is 0 Å². The van der Waals surface area contributed by atoms with Gasteiger partial charge in [0.2, 0.25) is 10.0 Å². The lowest BCUT2D eigenvalue weighted by Gasteiger charge is -2.10. The number of hydrogen-bond acceptors (Lipinski definition) is 4. The summed E-state index contributed by atoms with van der Waals surface area (Å²) in [5.41, 5.74) is 3.13. The largest absolute Gasteiger partial charge is 0.385 e. The third-order valence-corrected chi connectivity index (χ3v) is 5.78. The summed E-state index contributed by atoms with van der Waals surface area (Å²) in [5.74, 6) is 0. The van der Waals surface area contributed by atoms with Crippen LogP contribution in [0.4, 0.5) is 5.69 Å². The number of anilines is 1. The van der Waals surface area contributed by atoms with Gasteiger partial charge in [0.15, 0.2) is 0 Å². The average molecular weight is 350 g/mol. The molecule has 0 radical (unpaired) electrons. The molecule has 1 heterocycles. The van der Waals surface area contributed by atoms with Gasteiger partial charge in [-0.05, 0) is 57.9 Å². The lowest BCUT2D eigenvalue weighted by Crippen LogP contribution is -2.31. The van der Waals surface area contributed by atoms with Crippen LogP contribution < -0.4 is 10.0 Å². The monoisotopic (exact) mass is 349 g/mol. The number of unbranched alkanes of at least 4 members (excludes halogenated alkanes) is 2. The molecule has 0 unspecified atom stereocenters. The van der Waals surface area contributed by atoms with Crippen molar-refractivity contribution < 1.29 is 8.42 Å². The normalized spacial score (nSPS) is 12.0. The number of aromatic nitrogens is 1. The highest BCUT2D eigenvalue weighted by Crippen LogP contribution is 2.18. The third-order valence-electron chi connectivity index (χ3n) is 3.93. The molecule has 0 amide bonds. The zero-order valence-electron chi connectivity index (χ0n) is 14.7. The molecule has 132 valence electrons. The number of fused-ring (bicyclic) bond motifs is 1. The third kappa shape index (κ3) is 5.46. The van der Waals surface area contributed by atoms with Crippen molar-refractivity contribution in [1.82, 2.24) is 9.71 Å². The fourth-order valence-corrected chi connectivity index (χ4v) is 3.14. The molecule has 0 aliphatic heterocycles. The van der Waals surface area contributed by atoms with Crippen LogP contribution >= 0.6 is 0 Å². The molecule has 1 aromatic carbocycles. The van der Waals surface area contributed by atoms with Crippen molar-refractivity contribution in [3.05, 3.63) is 36.0 Å². The van der Waals surface area contributed by atoms with Crippen molar-refractivity contribution in [1.29, 1.82) is 0 Å². The van der Waals surface area contributed by atoms with Gasteiger partial charge in [-0.1, -0.05) is 12.5 Å². The molecule has 0 spiro atoms. The van der Waals surface area contributed by atoms with Crippen molar-refractivity contribution in [3.8, 4) is 0 Å².